The predicted molar refractivity (Wildman–Crippen MR) is 47.0 cm³/mol. The molecule has 15 heavy (non-hydrogen) atoms. The molecule has 0 bridgehead atoms. The molecule has 76 valence electrons. The monoisotopic (exact) mass is 205 g/mol. The Kier molecular flexibility index (Phi) is 2.01. The van der Waals surface area contributed by atoms with E-state index < -0.39 is 11.6 Å². The Balaban J connectivity index is 2.12. The maximum atomic E-state index is 10.8. The molecule has 1 aliphatic rings. The maximum Gasteiger partial charge on any atom is 0.348 e. The van der Waals surface area contributed by atoms with Crippen LogP contribution in [0.2, 0.25) is 0 Å². The first-order valence-electron chi connectivity index (χ1n) is 4.31. The highest BCUT2D eigenvalue weighted by Gasteiger charge is 2.53. The highest BCUT2D eigenvalue weighted by atomic mass is 16.5. The van der Waals surface area contributed by atoms with Gasteiger partial charge in [0.1, 0.15) is 6.07 Å². The van der Waals surface area contributed by atoms with E-state index in [1.165, 1.54) is 12.4 Å². The van der Waals surface area contributed by atoms with Crippen LogP contribution in [0, 0.1) is 11.3 Å². The molecule has 6 heteroatoms. The first-order chi connectivity index (χ1) is 7.16. The molecule has 1 aliphatic carbocycles. The topological polar surface area (TPSA) is 96.1 Å². The third kappa shape index (κ3) is 1.72. The second-order valence-electron chi connectivity index (χ2n) is 3.25. The van der Waals surface area contributed by atoms with E-state index in [0.29, 0.717) is 12.8 Å². The molecule has 0 saturated heterocycles. The minimum Gasteiger partial charge on any atom is -0.478 e. The first-order valence-corrected chi connectivity index (χ1v) is 4.31. The molecular weight excluding hydrogens is 198 g/mol. The average molecular weight is 205 g/mol. The van der Waals surface area contributed by atoms with Crippen LogP contribution < -0.4 is 4.74 Å². The van der Waals surface area contributed by atoms with Gasteiger partial charge in [0, 0.05) is 12.8 Å². The van der Waals surface area contributed by atoms with E-state index in [1.54, 1.807) is 0 Å². The van der Waals surface area contributed by atoms with Gasteiger partial charge >= 0.3 is 5.97 Å². The zero-order valence-corrected chi connectivity index (χ0v) is 7.67. The molecule has 0 amide bonds. The fourth-order valence-electron chi connectivity index (χ4n) is 1.10. The summed E-state index contributed by atoms with van der Waals surface area (Å²) in [7, 11) is 0. The highest BCUT2D eigenvalue weighted by Crippen LogP contribution is 2.39. The zero-order valence-electron chi connectivity index (χ0n) is 7.67. The van der Waals surface area contributed by atoms with E-state index >= 15 is 0 Å². The van der Waals surface area contributed by atoms with Gasteiger partial charge < -0.3 is 9.84 Å². The molecule has 2 rings (SSSR count). The number of aliphatic carboxylic acids is 1. The number of carbonyl (C=O) groups is 1. The minimum atomic E-state index is -1.12. The first kappa shape index (κ1) is 9.40. The van der Waals surface area contributed by atoms with Crippen LogP contribution in [-0.2, 0) is 4.79 Å². The molecule has 0 aromatic carbocycles. The second kappa shape index (κ2) is 3.20. The minimum absolute atomic E-state index is 0.133. The van der Waals surface area contributed by atoms with Crippen LogP contribution >= 0.6 is 0 Å². The lowest BCUT2D eigenvalue weighted by Gasteiger charge is -2.11. The molecule has 1 saturated carbocycles. The molecule has 1 fully saturated rings. The van der Waals surface area contributed by atoms with Crippen LogP contribution in [0.4, 0.5) is 0 Å². The number of ether oxygens (including phenoxy) is 1. The number of rotatable bonds is 3. The quantitative estimate of drug-likeness (QED) is 0.764. The lowest BCUT2D eigenvalue weighted by Crippen LogP contribution is -2.29. The number of carboxylic acid groups (broad SMARTS) is 1. The predicted octanol–water partition coefficient (Wildman–Crippen LogP) is 0.344. The summed E-state index contributed by atoms with van der Waals surface area (Å²) in [6.45, 7) is 0. The summed E-state index contributed by atoms with van der Waals surface area (Å²) >= 11 is 0. The van der Waals surface area contributed by atoms with Crippen molar-refractivity contribution in [2.24, 2.45) is 0 Å². The highest BCUT2D eigenvalue weighted by molar-refractivity contribution is 5.81. The summed E-state index contributed by atoms with van der Waals surface area (Å²) in [6, 6.07) is 1.81. The SMILES string of the molecule is N#Cc1cnc(OC2(C(=O)O)CC2)cn1. The van der Waals surface area contributed by atoms with E-state index in [4.69, 9.17) is 15.1 Å². The molecule has 1 aromatic rings. The van der Waals surface area contributed by atoms with Crippen molar-refractivity contribution in [2.45, 2.75) is 18.4 Å². The smallest absolute Gasteiger partial charge is 0.348 e. The van der Waals surface area contributed by atoms with Crippen molar-refractivity contribution in [1.82, 2.24) is 9.97 Å². The van der Waals surface area contributed by atoms with Gasteiger partial charge in [-0.2, -0.15) is 5.26 Å². The van der Waals surface area contributed by atoms with E-state index in [1.807, 2.05) is 6.07 Å². The van der Waals surface area contributed by atoms with Gasteiger partial charge in [0.2, 0.25) is 11.5 Å². The van der Waals surface area contributed by atoms with Crippen molar-refractivity contribution in [3.05, 3.63) is 18.1 Å². The number of aromatic nitrogens is 2. The summed E-state index contributed by atoms with van der Waals surface area (Å²) in [5, 5.41) is 17.3. The van der Waals surface area contributed by atoms with E-state index in [2.05, 4.69) is 9.97 Å². The van der Waals surface area contributed by atoms with Crippen LogP contribution in [0.1, 0.15) is 18.5 Å². The Morgan fingerprint density at radius 1 is 1.53 bits per heavy atom. The van der Waals surface area contributed by atoms with Gasteiger partial charge in [0.25, 0.3) is 0 Å². The fourth-order valence-corrected chi connectivity index (χ4v) is 1.10. The Labute approximate surface area is 85.2 Å². The van der Waals surface area contributed by atoms with Crippen molar-refractivity contribution in [3.8, 4) is 11.9 Å². The van der Waals surface area contributed by atoms with Crippen molar-refractivity contribution >= 4 is 5.97 Å². The third-order valence-electron chi connectivity index (χ3n) is 2.14. The summed E-state index contributed by atoms with van der Waals surface area (Å²) < 4.78 is 5.19. The number of nitrogens with zero attached hydrogens (tertiary/aromatic N) is 3. The number of hydrogen-bond acceptors (Lipinski definition) is 5. The summed E-state index contributed by atoms with van der Waals surface area (Å²) in [4.78, 5) is 18.3. The van der Waals surface area contributed by atoms with Crippen molar-refractivity contribution < 1.29 is 14.6 Å². The molecule has 0 atom stereocenters. The van der Waals surface area contributed by atoms with Crippen molar-refractivity contribution in [3.63, 3.8) is 0 Å². The molecule has 1 N–H and O–H groups in total. The van der Waals surface area contributed by atoms with Crippen molar-refractivity contribution in [2.75, 3.05) is 0 Å². The molecule has 0 spiro atoms. The molecular formula is C9H7N3O3. The number of carboxylic acids is 1. The summed E-state index contributed by atoms with van der Waals surface area (Å²) in [5.41, 5.74) is -0.953. The van der Waals surface area contributed by atoms with Gasteiger partial charge in [-0.1, -0.05) is 0 Å². The Bertz CT molecular complexity index is 431. The Hall–Kier alpha value is -2.16. The zero-order chi connectivity index (χ0) is 10.9. The van der Waals surface area contributed by atoms with E-state index in [-0.39, 0.29) is 11.6 Å². The van der Waals surface area contributed by atoms with E-state index in [9.17, 15) is 4.79 Å². The number of hydrogen-bond donors (Lipinski definition) is 1. The third-order valence-corrected chi connectivity index (χ3v) is 2.14. The Morgan fingerprint density at radius 2 is 2.27 bits per heavy atom. The Morgan fingerprint density at radius 3 is 2.67 bits per heavy atom. The van der Waals surface area contributed by atoms with Gasteiger partial charge in [0.05, 0.1) is 12.4 Å². The van der Waals surface area contributed by atoms with Crippen LogP contribution in [0.5, 0.6) is 5.88 Å². The van der Waals surface area contributed by atoms with Gasteiger partial charge in [-0.25, -0.2) is 14.8 Å². The number of nitriles is 1. The molecule has 0 aliphatic heterocycles. The summed E-state index contributed by atoms with van der Waals surface area (Å²) in [6.07, 6.45) is 3.45. The fraction of sp³-hybridized carbons (Fsp3) is 0.333. The van der Waals surface area contributed by atoms with Gasteiger partial charge in [0.15, 0.2) is 5.69 Å². The van der Waals surface area contributed by atoms with Crippen molar-refractivity contribution in [1.29, 1.82) is 5.26 Å². The lowest BCUT2D eigenvalue weighted by atomic mass is 10.3. The second-order valence-corrected chi connectivity index (χ2v) is 3.25. The lowest BCUT2D eigenvalue weighted by molar-refractivity contribution is -0.147. The van der Waals surface area contributed by atoms with Crippen LogP contribution in [0.25, 0.3) is 0 Å². The molecule has 1 aromatic heterocycles. The maximum absolute atomic E-state index is 10.8. The normalized spacial score (nSPS) is 16.5. The van der Waals surface area contributed by atoms with Gasteiger partial charge in [-0.3, -0.25) is 0 Å². The van der Waals surface area contributed by atoms with Crippen LogP contribution in [-0.4, -0.2) is 26.6 Å². The molecule has 0 radical (unpaired) electrons. The largest absolute Gasteiger partial charge is 0.478 e. The molecule has 1 heterocycles. The van der Waals surface area contributed by atoms with Crippen LogP contribution in [0.15, 0.2) is 12.4 Å². The molecule has 0 unspecified atom stereocenters. The standard InChI is InChI=1S/C9H7N3O3/c10-3-6-4-12-7(5-11-6)15-9(1-2-9)8(13)14/h4-5H,1-2H2,(H,13,14). The molecule has 6 nitrogen and oxygen atoms in total. The average Bonchev–Trinajstić information content (AvgIpc) is 3.00. The summed E-state index contributed by atoms with van der Waals surface area (Å²) in [5.74, 6) is -0.859. The van der Waals surface area contributed by atoms with Gasteiger partial charge in [-0.15, -0.1) is 0 Å². The van der Waals surface area contributed by atoms with Crippen LogP contribution in [0.3, 0.4) is 0 Å². The van der Waals surface area contributed by atoms with Gasteiger partial charge in [-0.05, 0) is 0 Å². The van der Waals surface area contributed by atoms with E-state index in [0.717, 1.165) is 0 Å².